The van der Waals surface area contributed by atoms with Gasteiger partial charge in [0.05, 0.1) is 12.3 Å². The lowest BCUT2D eigenvalue weighted by molar-refractivity contribution is 0.0949. The minimum Gasteiger partial charge on any atom is -0.492 e. The van der Waals surface area contributed by atoms with Gasteiger partial charge in [-0.1, -0.05) is 42.5 Å². The van der Waals surface area contributed by atoms with Crippen LogP contribution in [0.4, 0.5) is 11.4 Å². The lowest BCUT2D eigenvalue weighted by Gasteiger charge is -2.12. The van der Waals surface area contributed by atoms with Crippen LogP contribution in [0.25, 0.3) is 0 Å². The Morgan fingerprint density at radius 3 is 2.63 bits per heavy atom. The Balaban J connectivity index is 1.62. The van der Waals surface area contributed by atoms with Gasteiger partial charge in [-0.2, -0.15) is 0 Å². The average molecular weight is 361 g/mol. The number of carbonyl (C=O) groups is 1. The summed E-state index contributed by atoms with van der Waals surface area (Å²) in [5, 5.41) is 6.21. The number of nitrogens with one attached hydrogen (secondary N) is 2. The summed E-state index contributed by atoms with van der Waals surface area (Å²) in [6.45, 7) is 3.10. The average Bonchev–Trinajstić information content (AvgIpc) is 2.71. The number of amides is 1. The summed E-state index contributed by atoms with van der Waals surface area (Å²) in [5.41, 5.74) is 3.20. The van der Waals surface area contributed by atoms with E-state index in [0.29, 0.717) is 18.8 Å². The summed E-state index contributed by atoms with van der Waals surface area (Å²) in [5.74, 6) is 0.582. The van der Waals surface area contributed by atoms with Crippen molar-refractivity contribution in [3.8, 4) is 5.75 Å². The van der Waals surface area contributed by atoms with Crippen LogP contribution in [0.15, 0.2) is 72.9 Å². The fourth-order valence-corrected chi connectivity index (χ4v) is 2.69. The molecule has 3 rings (SSSR count). The van der Waals surface area contributed by atoms with Crippen molar-refractivity contribution in [2.24, 2.45) is 0 Å². The highest BCUT2D eigenvalue weighted by molar-refractivity contribution is 5.93. The van der Waals surface area contributed by atoms with Crippen molar-refractivity contribution >= 4 is 17.3 Å². The first-order chi connectivity index (χ1) is 13.3. The molecule has 0 aliphatic heterocycles. The SMILES string of the molecule is CCOc1ccccc1Nc1ccnc(C(=O)NCCc2ccccc2)c1. The van der Waals surface area contributed by atoms with Gasteiger partial charge in [-0.05, 0) is 43.2 Å². The zero-order chi connectivity index (χ0) is 18.9. The predicted octanol–water partition coefficient (Wildman–Crippen LogP) is 4.20. The standard InChI is InChI=1S/C22H23N3O2/c1-2-27-21-11-7-6-10-19(21)25-18-13-15-23-20(16-18)22(26)24-14-12-17-8-4-3-5-9-17/h3-11,13,15-16H,2,12,14H2,1H3,(H,23,25)(H,24,26). The smallest absolute Gasteiger partial charge is 0.269 e. The van der Waals surface area contributed by atoms with Crippen LogP contribution in [-0.2, 0) is 6.42 Å². The van der Waals surface area contributed by atoms with Crippen molar-refractivity contribution in [2.75, 3.05) is 18.5 Å². The number of hydrogen-bond donors (Lipinski definition) is 2. The minimum absolute atomic E-state index is 0.187. The van der Waals surface area contributed by atoms with Gasteiger partial charge in [0.1, 0.15) is 11.4 Å². The summed E-state index contributed by atoms with van der Waals surface area (Å²) in [4.78, 5) is 16.6. The monoisotopic (exact) mass is 361 g/mol. The number of carbonyl (C=O) groups excluding carboxylic acids is 1. The van der Waals surface area contributed by atoms with E-state index in [0.717, 1.165) is 23.5 Å². The van der Waals surface area contributed by atoms with Crippen molar-refractivity contribution in [3.63, 3.8) is 0 Å². The molecular weight excluding hydrogens is 338 g/mol. The second-order valence-electron chi connectivity index (χ2n) is 5.98. The molecule has 1 aromatic heterocycles. The van der Waals surface area contributed by atoms with Gasteiger partial charge in [-0.15, -0.1) is 0 Å². The maximum absolute atomic E-state index is 12.4. The number of rotatable bonds is 8. The lowest BCUT2D eigenvalue weighted by atomic mass is 10.1. The second-order valence-corrected chi connectivity index (χ2v) is 5.98. The summed E-state index contributed by atoms with van der Waals surface area (Å²) in [6, 6.07) is 21.3. The summed E-state index contributed by atoms with van der Waals surface area (Å²) >= 11 is 0. The van der Waals surface area contributed by atoms with E-state index < -0.39 is 0 Å². The van der Waals surface area contributed by atoms with Crippen molar-refractivity contribution in [1.29, 1.82) is 0 Å². The Bertz CT molecular complexity index is 881. The molecule has 0 unspecified atom stereocenters. The Labute approximate surface area is 159 Å². The molecule has 2 aromatic carbocycles. The van der Waals surface area contributed by atoms with Gasteiger partial charge in [0.2, 0.25) is 0 Å². The number of para-hydroxylation sites is 2. The van der Waals surface area contributed by atoms with Crippen molar-refractivity contribution < 1.29 is 9.53 Å². The van der Waals surface area contributed by atoms with Crippen LogP contribution < -0.4 is 15.4 Å². The first kappa shape index (κ1) is 18.5. The molecule has 1 heterocycles. The topological polar surface area (TPSA) is 63.2 Å². The largest absolute Gasteiger partial charge is 0.492 e. The zero-order valence-corrected chi connectivity index (χ0v) is 15.3. The van der Waals surface area contributed by atoms with Crippen LogP contribution in [0.5, 0.6) is 5.75 Å². The molecule has 1 amide bonds. The van der Waals surface area contributed by atoms with Gasteiger partial charge in [-0.25, -0.2) is 0 Å². The highest BCUT2D eigenvalue weighted by atomic mass is 16.5. The Hall–Kier alpha value is -3.34. The van der Waals surface area contributed by atoms with Crippen molar-refractivity contribution in [1.82, 2.24) is 10.3 Å². The van der Waals surface area contributed by atoms with E-state index >= 15 is 0 Å². The second kappa shape index (κ2) is 9.38. The number of ether oxygens (including phenoxy) is 1. The third kappa shape index (κ3) is 5.31. The molecule has 138 valence electrons. The maximum Gasteiger partial charge on any atom is 0.269 e. The molecule has 0 atom stereocenters. The van der Waals surface area contributed by atoms with Crippen LogP contribution >= 0.6 is 0 Å². The molecule has 0 fully saturated rings. The summed E-state index contributed by atoms with van der Waals surface area (Å²) in [7, 11) is 0. The Morgan fingerprint density at radius 1 is 1.04 bits per heavy atom. The third-order valence-corrected chi connectivity index (χ3v) is 4.00. The van der Waals surface area contributed by atoms with E-state index in [9.17, 15) is 4.79 Å². The Kier molecular flexibility index (Phi) is 6.41. The minimum atomic E-state index is -0.187. The third-order valence-electron chi connectivity index (χ3n) is 4.00. The number of anilines is 2. The number of benzene rings is 2. The van der Waals surface area contributed by atoms with E-state index in [2.05, 4.69) is 15.6 Å². The zero-order valence-electron chi connectivity index (χ0n) is 15.3. The van der Waals surface area contributed by atoms with Gasteiger partial charge >= 0.3 is 0 Å². The maximum atomic E-state index is 12.4. The van der Waals surface area contributed by atoms with E-state index in [1.807, 2.05) is 67.6 Å². The first-order valence-electron chi connectivity index (χ1n) is 9.03. The fourth-order valence-electron chi connectivity index (χ4n) is 2.69. The number of aromatic nitrogens is 1. The molecule has 0 saturated heterocycles. The molecule has 0 bridgehead atoms. The van der Waals surface area contributed by atoms with Crippen molar-refractivity contribution in [3.05, 3.63) is 84.2 Å². The van der Waals surface area contributed by atoms with E-state index in [-0.39, 0.29) is 5.91 Å². The number of nitrogens with zero attached hydrogens (tertiary/aromatic N) is 1. The summed E-state index contributed by atoms with van der Waals surface area (Å²) < 4.78 is 5.62. The first-order valence-corrected chi connectivity index (χ1v) is 9.03. The van der Waals surface area contributed by atoms with Gasteiger partial charge in [0.15, 0.2) is 0 Å². The molecule has 0 aliphatic rings. The molecule has 27 heavy (non-hydrogen) atoms. The molecular formula is C22H23N3O2. The quantitative estimate of drug-likeness (QED) is 0.631. The van der Waals surface area contributed by atoms with Gasteiger partial charge < -0.3 is 15.4 Å². The highest BCUT2D eigenvalue weighted by Gasteiger charge is 2.09. The van der Waals surface area contributed by atoms with Gasteiger partial charge in [-0.3, -0.25) is 9.78 Å². The molecule has 0 radical (unpaired) electrons. The van der Waals surface area contributed by atoms with Crippen LogP contribution in [-0.4, -0.2) is 24.0 Å². The van der Waals surface area contributed by atoms with Gasteiger partial charge in [0.25, 0.3) is 5.91 Å². The fraction of sp³-hybridized carbons (Fsp3) is 0.182. The molecule has 0 spiro atoms. The van der Waals surface area contributed by atoms with Crippen molar-refractivity contribution in [2.45, 2.75) is 13.3 Å². The highest BCUT2D eigenvalue weighted by Crippen LogP contribution is 2.27. The van der Waals surface area contributed by atoms with Crippen LogP contribution in [0.2, 0.25) is 0 Å². The van der Waals surface area contributed by atoms with Crippen LogP contribution in [0.1, 0.15) is 23.0 Å². The van der Waals surface area contributed by atoms with Crippen LogP contribution in [0.3, 0.4) is 0 Å². The number of hydrogen-bond acceptors (Lipinski definition) is 4. The number of pyridine rings is 1. The molecule has 5 heteroatoms. The molecule has 0 aliphatic carbocycles. The van der Waals surface area contributed by atoms with E-state index in [1.54, 1.807) is 12.3 Å². The molecule has 3 aromatic rings. The van der Waals surface area contributed by atoms with Crippen LogP contribution in [0, 0.1) is 0 Å². The lowest BCUT2D eigenvalue weighted by Crippen LogP contribution is -2.26. The van der Waals surface area contributed by atoms with Gasteiger partial charge in [0, 0.05) is 18.4 Å². The Morgan fingerprint density at radius 2 is 1.81 bits per heavy atom. The van der Waals surface area contributed by atoms with E-state index in [1.165, 1.54) is 5.56 Å². The normalized spacial score (nSPS) is 10.3. The molecule has 5 nitrogen and oxygen atoms in total. The molecule has 0 saturated carbocycles. The van der Waals surface area contributed by atoms with E-state index in [4.69, 9.17) is 4.74 Å². The molecule has 2 N–H and O–H groups in total. The summed E-state index contributed by atoms with van der Waals surface area (Å²) in [6.07, 6.45) is 2.41. The predicted molar refractivity (Wildman–Crippen MR) is 108 cm³/mol.